The SMILES string of the molecule is CC(CP(C)(=O)O)C(=O)O.II. The molecule has 0 aliphatic rings. The topological polar surface area (TPSA) is 74.6 Å². The van der Waals surface area contributed by atoms with Crippen molar-refractivity contribution in [3.8, 4) is 0 Å². The molecule has 2 unspecified atom stereocenters. The van der Waals surface area contributed by atoms with E-state index in [1.165, 1.54) is 6.92 Å². The summed E-state index contributed by atoms with van der Waals surface area (Å²) in [6.07, 6.45) is -0.150. The van der Waals surface area contributed by atoms with Gasteiger partial charge in [-0.25, -0.2) is 0 Å². The summed E-state index contributed by atoms with van der Waals surface area (Å²) >= 11 is 4.24. The summed E-state index contributed by atoms with van der Waals surface area (Å²) in [6, 6.07) is 0. The molecule has 2 N–H and O–H groups in total. The van der Waals surface area contributed by atoms with Gasteiger partial charge in [0.25, 0.3) is 0 Å². The number of rotatable bonds is 3. The van der Waals surface area contributed by atoms with Crippen LogP contribution in [0.2, 0.25) is 0 Å². The zero-order valence-corrected chi connectivity index (χ0v) is 11.9. The Morgan fingerprint density at radius 1 is 1.58 bits per heavy atom. The van der Waals surface area contributed by atoms with Gasteiger partial charge in [0.15, 0.2) is 7.37 Å². The first-order valence-corrected chi connectivity index (χ1v) is 11.6. The number of hydrogen-bond acceptors (Lipinski definition) is 2. The smallest absolute Gasteiger partial charge is 0.306 e. The van der Waals surface area contributed by atoms with E-state index in [9.17, 15) is 9.36 Å². The summed E-state index contributed by atoms with van der Waals surface area (Å²) in [4.78, 5) is 18.9. The second-order valence-electron chi connectivity index (χ2n) is 2.47. The van der Waals surface area contributed by atoms with Gasteiger partial charge in [-0.05, 0) is 0 Å². The van der Waals surface area contributed by atoms with Crippen LogP contribution in [-0.4, -0.2) is 28.8 Å². The molecule has 0 radical (unpaired) electrons. The zero-order chi connectivity index (χ0) is 10.4. The van der Waals surface area contributed by atoms with Crippen LogP contribution in [0.4, 0.5) is 0 Å². The van der Waals surface area contributed by atoms with Crippen LogP contribution in [0, 0.1) is 5.92 Å². The molecule has 2 atom stereocenters. The fraction of sp³-hybridized carbons (Fsp3) is 0.800. The van der Waals surface area contributed by atoms with E-state index in [1.807, 2.05) is 0 Å². The van der Waals surface area contributed by atoms with Crippen molar-refractivity contribution in [2.75, 3.05) is 12.8 Å². The Hall–Kier alpha value is 1.12. The van der Waals surface area contributed by atoms with Crippen molar-refractivity contribution in [1.82, 2.24) is 0 Å². The maximum absolute atomic E-state index is 10.6. The standard InChI is InChI=1S/C5H11O4P.I2/c1-4(5(6)7)3-10(2,8)9;1-2/h4H,3H2,1-2H3,(H,6,7)(H,8,9);. The second kappa shape index (κ2) is 7.52. The summed E-state index contributed by atoms with van der Waals surface area (Å²) in [7, 11) is -3.16. The molecule has 7 heteroatoms. The van der Waals surface area contributed by atoms with Gasteiger partial charge in [0.2, 0.25) is 0 Å². The largest absolute Gasteiger partial charge is 0.481 e. The van der Waals surface area contributed by atoms with E-state index in [0.29, 0.717) is 0 Å². The van der Waals surface area contributed by atoms with E-state index in [4.69, 9.17) is 10.00 Å². The van der Waals surface area contributed by atoms with Crippen LogP contribution in [0.1, 0.15) is 6.92 Å². The summed E-state index contributed by atoms with van der Waals surface area (Å²) in [5, 5.41) is 8.31. The lowest BCUT2D eigenvalue weighted by Gasteiger charge is -2.07. The summed E-state index contributed by atoms with van der Waals surface area (Å²) < 4.78 is 10.6. The molecule has 0 aliphatic heterocycles. The average molecular weight is 420 g/mol. The first-order chi connectivity index (χ1) is 5.33. The lowest BCUT2D eigenvalue weighted by molar-refractivity contribution is -0.140. The van der Waals surface area contributed by atoms with E-state index in [-0.39, 0.29) is 6.16 Å². The van der Waals surface area contributed by atoms with Crippen LogP contribution >= 0.6 is 44.6 Å². The van der Waals surface area contributed by atoms with Crippen molar-refractivity contribution < 1.29 is 19.4 Å². The maximum Gasteiger partial charge on any atom is 0.306 e. The molecule has 0 spiro atoms. The third kappa shape index (κ3) is 11.1. The van der Waals surface area contributed by atoms with Gasteiger partial charge >= 0.3 is 5.97 Å². The first-order valence-electron chi connectivity index (χ1n) is 2.99. The Bertz CT molecular complexity index is 178. The van der Waals surface area contributed by atoms with Gasteiger partial charge in [0, 0.05) is 50.1 Å². The highest BCUT2D eigenvalue weighted by molar-refractivity contribution is 15.0. The number of carboxylic acid groups (broad SMARTS) is 1. The number of hydrogen-bond donors (Lipinski definition) is 2. The van der Waals surface area contributed by atoms with Gasteiger partial charge in [-0.1, -0.05) is 6.92 Å². The quantitative estimate of drug-likeness (QED) is 0.544. The van der Waals surface area contributed by atoms with E-state index >= 15 is 0 Å². The highest BCUT2D eigenvalue weighted by Gasteiger charge is 2.20. The van der Waals surface area contributed by atoms with Crippen LogP contribution in [0.15, 0.2) is 0 Å². The van der Waals surface area contributed by atoms with Crippen molar-refractivity contribution >= 4 is 50.6 Å². The summed E-state index contributed by atoms with van der Waals surface area (Å²) in [5.74, 6) is -1.77. The van der Waals surface area contributed by atoms with Gasteiger partial charge in [0.05, 0.1) is 5.92 Å². The molecule has 74 valence electrons. The number of halogens is 2. The Morgan fingerprint density at radius 3 is 2.00 bits per heavy atom. The third-order valence-electron chi connectivity index (χ3n) is 1.03. The molecule has 0 fully saturated rings. The molecule has 0 rings (SSSR count). The van der Waals surface area contributed by atoms with Gasteiger partial charge in [-0.3, -0.25) is 9.36 Å². The number of carboxylic acids is 1. The zero-order valence-electron chi connectivity index (χ0n) is 6.70. The van der Waals surface area contributed by atoms with Crippen LogP contribution < -0.4 is 0 Å². The molecule has 0 heterocycles. The van der Waals surface area contributed by atoms with Crippen LogP contribution in [0.3, 0.4) is 0 Å². The molecule has 0 aromatic rings. The highest BCUT2D eigenvalue weighted by atomic mass is 128. The van der Waals surface area contributed by atoms with Crippen LogP contribution in [-0.2, 0) is 9.36 Å². The summed E-state index contributed by atoms with van der Waals surface area (Å²) in [6.45, 7) is 2.57. The monoisotopic (exact) mass is 420 g/mol. The molecule has 0 bridgehead atoms. The number of aliphatic carboxylic acids is 1. The van der Waals surface area contributed by atoms with Crippen molar-refractivity contribution in [1.29, 1.82) is 0 Å². The predicted molar refractivity (Wildman–Crippen MR) is 65.5 cm³/mol. The predicted octanol–water partition coefficient (Wildman–Crippen LogP) is 2.38. The van der Waals surface area contributed by atoms with E-state index in [0.717, 1.165) is 6.66 Å². The van der Waals surface area contributed by atoms with E-state index in [1.54, 1.807) is 0 Å². The van der Waals surface area contributed by atoms with Crippen molar-refractivity contribution in [2.24, 2.45) is 5.92 Å². The maximum atomic E-state index is 10.6. The van der Waals surface area contributed by atoms with Crippen molar-refractivity contribution in [2.45, 2.75) is 6.92 Å². The highest BCUT2D eigenvalue weighted by Crippen LogP contribution is 2.37. The van der Waals surface area contributed by atoms with E-state index in [2.05, 4.69) is 37.2 Å². The van der Waals surface area contributed by atoms with Crippen molar-refractivity contribution in [3.63, 3.8) is 0 Å². The van der Waals surface area contributed by atoms with Crippen LogP contribution in [0.25, 0.3) is 0 Å². The fourth-order valence-electron chi connectivity index (χ4n) is 0.586. The molecule has 0 amide bonds. The molecular formula is C5H11I2O4P. The summed E-state index contributed by atoms with van der Waals surface area (Å²) in [5.41, 5.74) is 0. The van der Waals surface area contributed by atoms with E-state index < -0.39 is 19.3 Å². The Balaban J connectivity index is 0. The second-order valence-corrected chi connectivity index (χ2v) is 4.94. The first kappa shape index (κ1) is 15.6. The minimum atomic E-state index is -3.16. The van der Waals surface area contributed by atoms with Crippen LogP contribution in [0.5, 0.6) is 0 Å². The lowest BCUT2D eigenvalue weighted by atomic mass is 10.2. The molecule has 4 nitrogen and oxygen atoms in total. The molecule has 0 aromatic carbocycles. The minimum Gasteiger partial charge on any atom is -0.481 e. The third-order valence-corrected chi connectivity index (χ3v) is 2.26. The number of carbonyl (C=O) groups is 1. The van der Waals surface area contributed by atoms with Gasteiger partial charge in [-0.15, -0.1) is 0 Å². The molecule has 0 saturated carbocycles. The van der Waals surface area contributed by atoms with Gasteiger partial charge < -0.3 is 10.00 Å². The average Bonchev–Trinajstić information content (AvgIpc) is 1.88. The Labute approximate surface area is 94.9 Å². The fourth-order valence-corrected chi connectivity index (χ4v) is 1.76. The van der Waals surface area contributed by atoms with Gasteiger partial charge in [0.1, 0.15) is 0 Å². The van der Waals surface area contributed by atoms with Gasteiger partial charge in [-0.2, -0.15) is 0 Å². The normalized spacial score (nSPS) is 16.8. The lowest BCUT2D eigenvalue weighted by Crippen LogP contribution is -2.13. The molecule has 0 aromatic heterocycles. The van der Waals surface area contributed by atoms with Crippen molar-refractivity contribution in [3.05, 3.63) is 0 Å². The molecular weight excluding hydrogens is 409 g/mol. The Kier molecular flexibility index (Phi) is 9.76. The molecule has 12 heavy (non-hydrogen) atoms. The molecule has 0 saturated heterocycles. The molecule has 0 aliphatic carbocycles. The Morgan fingerprint density at radius 2 is 1.92 bits per heavy atom. The minimum absolute atomic E-state index is 0.150.